The van der Waals surface area contributed by atoms with Crippen molar-refractivity contribution in [3.05, 3.63) is 17.0 Å². The fourth-order valence-corrected chi connectivity index (χ4v) is 2.32. The van der Waals surface area contributed by atoms with E-state index < -0.39 is 23.8 Å². The van der Waals surface area contributed by atoms with Crippen molar-refractivity contribution >= 4 is 17.7 Å². The molecule has 0 fully saturated rings. The zero-order valence-corrected chi connectivity index (χ0v) is 11.4. The first-order valence-corrected chi connectivity index (χ1v) is 6.35. The molecule has 0 aromatic carbocycles. The van der Waals surface area contributed by atoms with Crippen LogP contribution in [0.25, 0.3) is 0 Å². The summed E-state index contributed by atoms with van der Waals surface area (Å²) in [6.45, 7) is 5.27. The number of nitrogens with zero attached hydrogens (tertiary/aromatic N) is 2. The van der Waals surface area contributed by atoms with Gasteiger partial charge in [0.1, 0.15) is 0 Å². The first-order chi connectivity index (χ1) is 8.62. The molecular weight excluding hydrogens is 281 g/mol. The summed E-state index contributed by atoms with van der Waals surface area (Å²) >= 11 is 0.698. The molecule has 106 valence electrons. The monoisotopic (exact) mass is 294 g/mol. The number of hydrogen-bond donors (Lipinski definition) is 1. The van der Waals surface area contributed by atoms with Crippen molar-refractivity contribution in [2.75, 3.05) is 5.75 Å². The molecular formula is C11H13F3N2O2S. The Hall–Kier alpha value is -1.31. The topological polar surface area (TPSA) is 63.1 Å². The van der Waals surface area contributed by atoms with E-state index in [1.807, 2.05) is 6.92 Å². The second-order valence-electron chi connectivity index (χ2n) is 4.05. The van der Waals surface area contributed by atoms with Gasteiger partial charge in [-0.15, -0.1) is 0 Å². The number of carbonyl (C=O) groups is 1. The maximum Gasteiger partial charge on any atom is 0.403 e. The van der Waals surface area contributed by atoms with Gasteiger partial charge in [-0.25, -0.2) is 9.97 Å². The number of aryl methyl sites for hydroxylation is 2. The lowest BCUT2D eigenvalue weighted by Gasteiger charge is -2.15. The highest BCUT2D eigenvalue weighted by Crippen LogP contribution is 2.31. The molecule has 0 saturated carbocycles. The summed E-state index contributed by atoms with van der Waals surface area (Å²) in [5.74, 6) is -4.94. The minimum Gasteiger partial charge on any atom is -0.481 e. The summed E-state index contributed by atoms with van der Waals surface area (Å²) in [6.07, 6.45) is -4.77. The van der Waals surface area contributed by atoms with E-state index in [-0.39, 0.29) is 5.16 Å². The van der Waals surface area contributed by atoms with E-state index in [2.05, 4.69) is 9.97 Å². The van der Waals surface area contributed by atoms with E-state index in [9.17, 15) is 18.0 Å². The van der Waals surface area contributed by atoms with Crippen molar-refractivity contribution in [1.82, 2.24) is 9.97 Å². The second kappa shape index (κ2) is 5.77. The number of thioether (sulfide) groups is 1. The van der Waals surface area contributed by atoms with Gasteiger partial charge in [0.05, 0.1) is 0 Å². The zero-order chi connectivity index (χ0) is 14.8. The number of aliphatic carboxylic acids is 1. The van der Waals surface area contributed by atoms with Crippen LogP contribution < -0.4 is 0 Å². The molecule has 0 aliphatic carbocycles. The van der Waals surface area contributed by atoms with E-state index in [1.54, 1.807) is 13.8 Å². The highest BCUT2D eigenvalue weighted by atomic mass is 32.2. The summed E-state index contributed by atoms with van der Waals surface area (Å²) in [6, 6.07) is 0. The molecule has 8 heteroatoms. The van der Waals surface area contributed by atoms with Crippen molar-refractivity contribution in [3.8, 4) is 0 Å². The van der Waals surface area contributed by atoms with Gasteiger partial charge in [0.2, 0.25) is 0 Å². The summed E-state index contributed by atoms with van der Waals surface area (Å²) in [7, 11) is 0. The highest BCUT2D eigenvalue weighted by Gasteiger charge is 2.45. The van der Waals surface area contributed by atoms with Crippen LogP contribution in [0.15, 0.2) is 5.16 Å². The van der Waals surface area contributed by atoms with Gasteiger partial charge in [-0.2, -0.15) is 13.2 Å². The Morgan fingerprint density at radius 1 is 1.26 bits per heavy atom. The summed E-state index contributed by atoms with van der Waals surface area (Å²) in [4.78, 5) is 18.7. The van der Waals surface area contributed by atoms with Crippen molar-refractivity contribution in [3.63, 3.8) is 0 Å². The van der Waals surface area contributed by atoms with Crippen LogP contribution in [0.3, 0.4) is 0 Å². The lowest BCUT2D eigenvalue weighted by molar-refractivity contribution is -0.188. The molecule has 1 atom stereocenters. The van der Waals surface area contributed by atoms with Gasteiger partial charge < -0.3 is 5.11 Å². The first-order valence-electron chi connectivity index (χ1n) is 5.37. The minimum atomic E-state index is -4.77. The van der Waals surface area contributed by atoms with Crippen molar-refractivity contribution < 1.29 is 23.1 Å². The third kappa shape index (κ3) is 4.09. The zero-order valence-electron chi connectivity index (χ0n) is 10.6. The van der Waals surface area contributed by atoms with Gasteiger partial charge in [0.25, 0.3) is 0 Å². The maximum absolute atomic E-state index is 12.5. The fraction of sp³-hybridized carbons (Fsp3) is 0.545. The molecule has 1 heterocycles. The summed E-state index contributed by atoms with van der Waals surface area (Å²) < 4.78 is 37.4. The van der Waals surface area contributed by atoms with Crippen LogP contribution in [0.4, 0.5) is 13.2 Å². The highest BCUT2D eigenvalue weighted by molar-refractivity contribution is 7.99. The number of hydrogen-bond acceptors (Lipinski definition) is 4. The maximum atomic E-state index is 12.5. The number of rotatable bonds is 4. The molecule has 1 aromatic rings. The molecule has 1 rings (SSSR count). The van der Waals surface area contributed by atoms with Crippen LogP contribution in [0.5, 0.6) is 0 Å². The molecule has 0 aliphatic heterocycles. The van der Waals surface area contributed by atoms with Crippen LogP contribution >= 0.6 is 11.8 Å². The van der Waals surface area contributed by atoms with Crippen LogP contribution in [0.2, 0.25) is 0 Å². The van der Waals surface area contributed by atoms with Gasteiger partial charge >= 0.3 is 12.1 Å². The Bertz CT molecular complexity index is 468. The molecule has 0 amide bonds. The quantitative estimate of drug-likeness (QED) is 0.683. The van der Waals surface area contributed by atoms with Gasteiger partial charge in [-0.05, 0) is 26.3 Å². The lowest BCUT2D eigenvalue weighted by Crippen LogP contribution is -2.32. The molecule has 4 nitrogen and oxygen atoms in total. The third-order valence-corrected chi connectivity index (χ3v) is 3.63. The molecule has 0 radical (unpaired) electrons. The third-order valence-electron chi connectivity index (χ3n) is 2.68. The van der Waals surface area contributed by atoms with Gasteiger partial charge in [-0.3, -0.25) is 4.79 Å². The lowest BCUT2D eigenvalue weighted by atomic mass is 10.2. The van der Waals surface area contributed by atoms with Gasteiger partial charge in [0.15, 0.2) is 11.1 Å². The minimum absolute atomic E-state index is 0.163. The Morgan fingerprint density at radius 3 is 2.11 bits per heavy atom. The summed E-state index contributed by atoms with van der Waals surface area (Å²) in [5.41, 5.74) is 2.22. The molecule has 0 spiro atoms. The Morgan fingerprint density at radius 2 is 1.74 bits per heavy atom. The number of aromatic nitrogens is 2. The molecule has 0 saturated heterocycles. The standard InChI is InChI=1S/C11H13F3N2O2S/c1-5-6(2)15-10(16-7(5)3)19-4-8(9(17)18)11(12,13)14/h8H,4H2,1-3H3,(H,17,18). The smallest absolute Gasteiger partial charge is 0.403 e. The van der Waals surface area contributed by atoms with Crippen LogP contribution in [0, 0.1) is 26.7 Å². The predicted octanol–water partition coefficient (Wildman–Crippen LogP) is 2.76. The van der Waals surface area contributed by atoms with Crippen LogP contribution in [0.1, 0.15) is 17.0 Å². The van der Waals surface area contributed by atoms with E-state index in [4.69, 9.17) is 5.11 Å². The SMILES string of the molecule is Cc1nc(SCC(C(=O)O)C(F)(F)F)nc(C)c1C. The fourth-order valence-electron chi connectivity index (χ4n) is 1.27. The molecule has 0 bridgehead atoms. The van der Waals surface area contributed by atoms with E-state index in [0.717, 1.165) is 5.56 Å². The second-order valence-corrected chi connectivity index (χ2v) is 5.03. The largest absolute Gasteiger partial charge is 0.481 e. The van der Waals surface area contributed by atoms with Crippen molar-refractivity contribution in [2.45, 2.75) is 32.1 Å². The summed E-state index contributed by atoms with van der Waals surface area (Å²) in [5, 5.41) is 8.73. The Kier molecular flexibility index (Phi) is 4.78. The number of carboxylic acids is 1. The molecule has 19 heavy (non-hydrogen) atoms. The van der Waals surface area contributed by atoms with E-state index in [1.165, 1.54) is 0 Å². The van der Waals surface area contributed by atoms with Crippen LogP contribution in [-0.2, 0) is 4.79 Å². The van der Waals surface area contributed by atoms with E-state index in [0.29, 0.717) is 23.1 Å². The molecule has 1 aromatic heterocycles. The van der Waals surface area contributed by atoms with Crippen molar-refractivity contribution in [1.29, 1.82) is 0 Å². The molecule has 0 aliphatic rings. The normalized spacial score (nSPS) is 13.4. The number of halogens is 3. The van der Waals surface area contributed by atoms with Crippen LogP contribution in [-0.4, -0.2) is 33.0 Å². The average Bonchev–Trinajstić information content (AvgIpc) is 2.23. The van der Waals surface area contributed by atoms with Gasteiger partial charge in [0, 0.05) is 17.1 Å². The first kappa shape index (κ1) is 15.7. The predicted molar refractivity (Wildman–Crippen MR) is 64.1 cm³/mol. The van der Waals surface area contributed by atoms with E-state index >= 15 is 0 Å². The number of carboxylic acid groups (broad SMARTS) is 1. The molecule has 1 N–H and O–H groups in total. The number of alkyl halides is 3. The average molecular weight is 294 g/mol. The Balaban J connectivity index is 2.84. The van der Waals surface area contributed by atoms with Crippen molar-refractivity contribution in [2.24, 2.45) is 5.92 Å². The Labute approximate surface area is 112 Å². The molecule has 1 unspecified atom stereocenters. The van der Waals surface area contributed by atoms with Gasteiger partial charge in [-0.1, -0.05) is 11.8 Å².